The maximum absolute atomic E-state index is 6.29. The van der Waals surface area contributed by atoms with Crippen molar-refractivity contribution in [3.05, 3.63) is 52.9 Å². The fraction of sp³-hybridized carbons (Fsp3) is 0.286. The highest BCUT2D eigenvalue weighted by Gasteiger charge is 2.18. The average Bonchev–Trinajstić information content (AvgIpc) is 2.90. The zero-order chi connectivity index (χ0) is 13.0. The van der Waals surface area contributed by atoms with Crippen molar-refractivity contribution in [2.24, 2.45) is 0 Å². The van der Waals surface area contributed by atoms with Crippen LogP contribution in [-0.2, 0) is 0 Å². The van der Waals surface area contributed by atoms with Gasteiger partial charge in [-0.3, -0.25) is 0 Å². The first-order valence-corrected chi connectivity index (χ1v) is 6.24. The molecule has 1 N–H and O–H groups in total. The Morgan fingerprint density at radius 3 is 2.78 bits per heavy atom. The highest BCUT2D eigenvalue weighted by Crippen LogP contribution is 2.31. The number of hydrogen-bond acceptors (Lipinski definition) is 3. The summed E-state index contributed by atoms with van der Waals surface area (Å²) in [5.41, 5.74) is 0.981. The molecule has 18 heavy (non-hydrogen) atoms. The van der Waals surface area contributed by atoms with Gasteiger partial charge in [-0.1, -0.05) is 24.6 Å². The van der Waals surface area contributed by atoms with Gasteiger partial charge in [0.05, 0.1) is 19.4 Å². The number of ether oxygens (including phenoxy) is 1. The van der Waals surface area contributed by atoms with Crippen LogP contribution in [0.1, 0.15) is 24.3 Å². The lowest BCUT2D eigenvalue weighted by atomic mass is 10.0. The predicted octanol–water partition coefficient (Wildman–Crippen LogP) is 3.64. The zero-order valence-electron chi connectivity index (χ0n) is 10.4. The summed E-state index contributed by atoms with van der Waals surface area (Å²) in [5, 5.41) is 4.02. The third kappa shape index (κ3) is 2.68. The third-order valence-electron chi connectivity index (χ3n) is 2.75. The Morgan fingerprint density at radius 1 is 1.39 bits per heavy atom. The van der Waals surface area contributed by atoms with Gasteiger partial charge in [-0.15, -0.1) is 0 Å². The fourth-order valence-electron chi connectivity index (χ4n) is 1.89. The minimum Gasteiger partial charge on any atom is -0.497 e. The summed E-state index contributed by atoms with van der Waals surface area (Å²) >= 11 is 6.29. The molecule has 2 rings (SSSR count). The SMILES string of the molecule is CCNC(c1ccco1)c1ccc(OC)cc1Cl. The number of furan rings is 1. The molecular weight excluding hydrogens is 250 g/mol. The van der Waals surface area contributed by atoms with E-state index >= 15 is 0 Å². The van der Waals surface area contributed by atoms with Gasteiger partial charge in [0.2, 0.25) is 0 Å². The number of methoxy groups -OCH3 is 1. The molecule has 2 aromatic rings. The predicted molar refractivity (Wildman–Crippen MR) is 72.2 cm³/mol. The molecule has 4 heteroatoms. The van der Waals surface area contributed by atoms with Gasteiger partial charge in [0.25, 0.3) is 0 Å². The number of rotatable bonds is 5. The highest BCUT2D eigenvalue weighted by molar-refractivity contribution is 6.31. The Balaban J connectivity index is 2.37. The summed E-state index contributed by atoms with van der Waals surface area (Å²) in [5.74, 6) is 1.60. The molecule has 1 atom stereocenters. The van der Waals surface area contributed by atoms with Crippen molar-refractivity contribution in [1.29, 1.82) is 0 Å². The van der Waals surface area contributed by atoms with E-state index in [1.54, 1.807) is 13.4 Å². The highest BCUT2D eigenvalue weighted by atomic mass is 35.5. The lowest BCUT2D eigenvalue weighted by Crippen LogP contribution is -2.21. The maximum atomic E-state index is 6.29. The standard InChI is InChI=1S/C14H16ClNO2/c1-3-16-14(13-5-4-8-18-13)11-7-6-10(17-2)9-12(11)15/h4-9,14,16H,3H2,1-2H3. The van der Waals surface area contributed by atoms with E-state index in [-0.39, 0.29) is 6.04 Å². The Bertz CT molecular complexity index is 497. The molecule has 1 aromatic heterocycles. The third-order valence-corrected chi connectivity index (χ3v) is 3.08. The second kappa shape index (κ2) is 5.94. The van der Waals surface area contributed by atoms with Crippen molar-refractivity contribution in [3.8, 4) is 5.75 Å². The van der Waals surface area contributed by atoms with E-state index in [0.717, 1.165) is 23.6 Å². The molecule has 0 spiro atoms. The summed E-state index contributed by atoms with van der Waals surface area (Å²) in [4.78, 5) is 0. The van der Waals surface area contributed by atoms with Crippen molar-refractivity contribution in [1.82, 2.24) is 5.32 Å². The van der Waals surface area contributed by atoms with Gasteiger partial charge in [-0.05, 0) is 36.4 Å². The minimum atomic E-state index is -0.0385. The quantitative estimate of drug-likeness (QED) is 0.896. The van der Waals surface area contributed by atoms with Gasteiger partial charge < -0.3 is 14.5 Å². The first-order chi connectivity index (χ1) is 8.76. The molecule has 3 nitrogen and oxygen atoms in total. The molecule has 0 amide bonds. The molecule has 1 heterocycles. The molecule has 0 aliphatic rings. The van der Waals surface area contributed by atoms with Crippen molar-refractivity contribution in [2.45, 2.75) is 13.0 Å². The van der Waals surface area contributed by atoms with E-state index < -0.39 is 0 Å². The molecule has 0 saturated heterocycles. The van der Waals surface area contributed by atoms with Crippen molar-refractivity contribution in [3.63, 3.8) is 0 Å². The maximum Gasteiger partial charge on any atom is 0.125 e. The molecule has 96 valence electrons. The zero-order valence-corrected chi connectivity index (χ0v) is 11.2. The first kappa shape index (κ1) is 13.0. The average molecular weight is 266 g/mol. The summed E-state index contributed by atoms with van der Waals surface area (Å²) in [6, 6.07) is 9.43. The van der Waals surface area contributed by atoms with E-state index in [1.165, 1.54) is 0 Å². The number of hydrogen-bond donors (Lipinski definition) is 1. The minimum absolute atomic E-state index is 0.0385. The summed E-state index contributed by atoms with van der Waals surface area (Å²) in [6.45, 7) is 2.88. The molecule has 0 aliphatic heterocycles. The van der Waals surface area contributed by atoms with Gasteiger partial charge in [0.15, 0.2) is 0 Å². The van der Waals surface area contributed by atoms with Crippen LogP contribution in [0.25, 0.3) is 0 Å². The van der Waals surface area contributed by atoms with Gasteiger partial charge in [0.1, 0.15) is 11.5 Å². The normalized spacial score (nSPS) is 12.4. The van der Waals surface area contributed by atoms with Crippen molar-refractivity contribution >= 4 is 11.6 Å². The summed E-state index contributed by atoms with van der Waals surface area (Å²) in [6.07, 6.45) is 1.66. The van der Waals surface area contributed by atoms with Gasteiger partial charge >= 0.3 is 0 Å². The van der Waals surface area contributed by atoms with Crippen LogP contribution in [0.3, 0.4) is 0 Å². The van der Waals surface area contributed by atoms with E-state index in [4.69, 9.17) is 20.8 Å². The lowest BCUT2D eigenvalue weighted by Gasteiger charge is -2.17. The van der Waals surface area contributed by atoms with Gasteiger partial charge in [-0.25, -0.2) is 0 Å². The Labute approximate surface area is 112 Å². The molecule has 0 fully saturated rings. The molecule has 0 bridgehead atoms. The van der Waals surface area contributed by atoms with Crippen molar-refractivity contribution in [2.75, 3.05) is 13.7 Å². The van der Waals surface area contributed by atoms with E-state index in [1.807, 2.05) is 37.3 Å². The monoisotopic (exact) mass is 265 g/mol. The first-order valence-electron chi connectivity index (χ1n) is 5.86. The Hall–Kier alpha value is -1.45. The van der Waals surface area contributed by atoms with Crippen LogP contribution in [0.5, 0.6) is 5.75 Å². The second-order valence-corrected chi connectivity index (χ2v) is 4.30. The van der Waals surface area contributed by atoms with Crippen LogP contribution < -0.4 is 10.1 Å². The molecule has 1 aromatic carbocycles. The van der Waals surface area contributed by atoms with Gasteiger partial charge in [-0.2, -0.15) is 0 Å². The van der Waals surface area contributed by atoms with Crippen LogP contribution >= 0.6 is 11.6 Å². The number of nitrogens with one attached hydrogen (secondary N) is 1. The molecular formula is C14H16ClNO2. The largest absolute Gasteiger partial charge is 0.497 e. The fourth-order valence-corrected chi connectivity index (χ4v) is 2.17. The molecule has 0 aliphatic carbocycles. The van der Waals surface area contributed by atoms with E-state index in [2.05, 4.69) is 5.32 Å². The second-order valence-electron chi connectivity index (χ2n) is 3.89. The lowest BCUT2D eigenvalue weighted by molar-refractivity contribution is 0.414. The molecule has 0 saturated carbocycles. The van der Waals surface area contributed by atoms with Crippen molar-refractivity contribution < 1.29 is 9.15 Å². The number of benzene rings is 1. The van der Waals surface area contributed by atoms with Crippen LogP contribution in [-0.4, -0.2) is 13.7 Å². The van der Waals surface area contributed by atoms with Crippen LogP contribution in [0.15, 0.2) is 41.0 Å². The van der Waals surface area contributed by atoms with E-state index in [9.17, 15) is 0 Å². The topological polar surface area (TPSA) is 34.4 Å². The Kier molecular flexibility index (Phi) is 4.28. The molecule has 1 unspecified atom stereocenters. The Morgan fingerprint density at radius 2 is 2.22 bits per heavy atom. The van der Waals surface area contributed by atoms with Crippen LogP contribution in [0.2, 0.25) is 5.02 Å². The number of halogens is 1. The van der Waals surface area contributed by atoms with Crippen LogP contribution in [0.4, 0.5) is 0 Å². The van der Waals surface area contributed by atoms with Crippen LogP contribution in [0, 0.1) is 0 Å². The summed E-state index contributed by atoms with van der Waals surface area (Å²) in [7, 11) is 1.62. The van der Waals surface area contributed by atoms with Gasteiger partial charge in [0, 0.05) is 5.02 Å². The molecule has 0 radical (unpaired) electrons. The van der Waals surface area contributed by atoms with E-state index in [0.29, 0.717) is 5.02 Å². The smallest absolute Gasteiger partial charge is 0.125 e. The summed E-state index contributed by atoms with van der Waals surface area (Å²) < 4.78 is 10.6.